The molecule has 2 amide bonds. The first-order valence-corrected chi connectivity index (χ1v) is 6.99. The van der Waals surface area contributed by atoms with Crippen LogP contribution in [0.15, 0.2) is 23.1 Å². The van der Waals surface area contributed by atoms with E-state index in [2.05, 4.69) is 10.3 Å². The Bertz CT molecular complexity index is 601. The number of benzene rings is 1. The molecule has 1 N–H and O–H groups in total. The predicted octanol–water partition coefficient (Wildman–Crippen LogP) is 3.70. The van der Waals surface area contributed by atoms with Crippen molar-refractivity contribution < 1.29 is 13.6 Å². The van der Waals surface area contributed by atoms with E-state index in [1.165, 1.54) is 16.2 Å². The van der Waals surface area contributed by atoms with E-state index < -0.39 is 5.76 Å². The number of carbonyl (C=O) groups excluding carboxylic acids is 1. The Morgan fingerprint density at radius 1 is 1.47 bits per heavy atom. The number of rotatable bonds is 3. The summed E-state index contributed by atoms with van der Waals surface area (Å²) in [7, 11) is 3.25. The molecule has 0 atom stereocenters. The van der Waals surface area contributed by atoms with Crippen molar-refractivity contribution in [2.75, 3.05) is 19.4 Å². The molecule has 0 bridgehead atoms. The van der Waals surface area contributed by atoms with Gasteiger partial charge in [0.2, 0.25) is 0 Å². The number of fused-ring (bicyclic) bond motifs is 1. The number of nitrogens with zero attached hydrogens (tertiary/aromatic N) is 2. The van der Waals surface area contributed by atoms with E-state index in [4.69, 9.17) is 0 Å². The molecule has 0 aliphatic rings. The van der Waals surface area contributed by atoms with Gasteiger partial charge in [-0.05, 0) is 18.2 Å². The number of alkyl halides is 2. The zero-order chi connectivity index (χ0) is 14.0. The third-order valence-corrected chi connectivity index (χ3v) is 3.84. The van der Waals surface area contributed by atoms with Crippen molar-refractivity contribution in [2.24, 2.45) is 0 Å². The van der Waals surface area contributed by atoms with Gasteiger partial charge in [0.15, 0.2) is 5.13 Å². The Morgan fingerprint density at radius 3 is 2.84 bits per heavy atom. The number of hydrogen-bond donors (Lipinski definition) is 1. The topological polar surface area (TPSA) is 45.2 Å². The number of halogens is 2. The lowest BCUT2D eigenvalue weighted by molar-refractivity contribution is 0.230. The molecule has 1 aromatic heterocycles. The third kappa shape index (κ3) is 3.54. The number of thioether (sulfide) groups is 1. The molecule has 0 saturated carbocycles. The van der Waals surface area contributed by atoms with Gasteiger partial charge in [0.05, 0.1) is 10.2 Å². The van der Waals surface area contributed by atoms with E-state index in [1.54, 1.807) is 32.3 Å². The smallest absolute Gasteiger partial charge is 0.323 e. The van der Waals surface area contributed by atoms with E-state index in [1.807, 2.05) is 0 Å². The Labute approximate surface area is 116 Å². The van der Waals surface area contributed by atoms with Gasteiger partial charge < -0.3 is 4.90 Å². The van der Waals surface area contributed by atoms with Crippen LogP contribution in [0.25, 0.3) is 10.2 Å². The van der Waals surface area contributed by atoms with Crippen LogP contribution in [-0.4, -0.2) is 35.8 Å². The number of carbonyl (C=O) groups is 1. The average molecular weight is 303 g/mol. The largest absolute Gasteiger partial charge is 0.331 e. The van der Waals surface area contributed by atoms with Gasteiger partial charge in [0, 0.05) is 19.0 Å². The molecular weight excluding hydrogens is 292 g/mol. The van der Waals surface area contributed by atoms with Crippen LogP contribution in [0.3, 0.4) is 0 Å². The molecule has 0 aliphatic heterocycles. The second-order valence-electron chi connectivity index (χ2n) is 3.85. The van der Waals surface area contributed by atoms with E-state index >= 15 is 0 Å². The van der Waals surface area contributed by atoms with Crippen LogP contribution < -0.4 is 5.32 Å². The minimum absolute atomic E-state index is 0.277. The molecule has 0 spiro atoms. The third-order valence-electron chi connectivity index (χ3n) is 2.21. The predicted molar refractivity (Wildman–Crippen MR) is 74.2 cm³/mol. The summed E-state index contributed by atoms with van der Waals surface area (Å²) in [6.07, 6.45) is 0. The average Bonchev–Trinajstić information content (AvgIpc) is 2.69. The van der Waals surface area contributed by atoms with Gasteiger partial charge in [-0.25, -0.2) is 9.78 Å². The molecule has 0 unspecified atom stereocenters. The summed E-state index contributed by atoms with van der Waals surface area (Å²) >= 11 is 1.75. The van der Waals surface area contributed by atoms with Gasteiger partial charge in [-0.1, -0.05) is 23.1 Å². The lowest BCUT2D eigenvalue weighted by Crippen LogP contribution is -2.27. The summed E-state index contributed by atoms with van der Waals surface area (Å²) in [5.74, 6) is -2.45. The molecule has 0 aliphatic carbocycles. The number of urea groups is 1. The minimum Gasteiger partial charge on any atom is -0.331 e. The fourth-order valence-electron chi connectivity index (χ4n) is 1.34. The summed E-state index contributed by atoms with van der Waals surface area (Å²) in [5, 5.41) is 3.08. The first-order valence-electron chi connectivity index (χ1n) is 5.29. The quantitative estimate of drug-likeness (QED) is 0.879. The summed E-state index contributed by atoms with van der Waals surface area (Å²) in [4.78, 5) is 17.6. The van der Waals surface area contributed by atoms with Gasteiger partial charge in [0.25, 0.3) is 5.76 Å². The number of amides is 2. The maximum atomic E-state index is 12.3. The van der Waals surface area contributed by atoms with Gasteiger partial charge in [-0.3, -0.25) is 5.32 Å². The zero-order valence-electron chi connectivity index (χ0n) is 10.2. The summed E-state index contributed by atoms with van der Waals surface area (Å²) in [6.45, 7) is 0. The van der Waals surface area contributed by atoms with Crippen molar-refractivity contribution in [3.8, 4) is 0 Å². The SMILES string of the molecule is CN(C)C(=O)Nc1nc2ccc(SC(F)F)cc2s1. The Balaban J connectivity index is 2.23. The highest BCUT2D eigenvalue weighted by molar-refractivity contribution is 7.99. The van der Waals surface area contributed by atoms with E-state index in [0.29, 0.717) is 27.3 Å². The van der Waals surface area contributed by atoms with Gasteiger partial charge in [-0.2, -0.15) is 8.78 Å². The Hall–Kier alpha value is -1.41. The molecule has 0 fully saturated rings. The molecule has 1 aromatic carbocycles. The van der Waals surface area contributed by atoms with Gasteiger partial charge >= 0.3 is 6.03 Å². The molecule has 2 aromatic rings. The molecule has 2 rings (SSSR count). The number of thiazole rings is 1. The van der Waals surface area contributed by atoms with Crippen LogP contribution in [0.2, 0.25) is 0 Å². The molecule has 19 heavy (non-hydrogen) atoms. The lowest BCUT2D eigenvalue weighted by atomic mass is 10.3. The van der Waals surface area contributed by atoms with E-state index in [0.717, 1.165) is 4.70 Å². The first kappa shape index (κ1) is 14.0. The number of hydrogen-bond acceptors (Lipinski definition) is 4. The van der Waals surface area contributed by atoms with Gasteiger partial charge in [0.1, 0.15) is 0 Å². The van der Waals surface area contributed by atoms with Crippen molar-refractivity contribution in [2.45, 2.75) is 10.7 Å². The van der Waals surface area contributed by atoms with Crippen LogP contribution in [0.5, 0.6) is 0 Å². The highest BCUT2D eigenvalue weighted by atomic mass is 32.2. The Kier molecular flexibility index (Phi) is 4.20. The van der Waals surface area contributed by atoms with Crippen molar-refractivity contribution in [1.82, 2.24) is 9.88 Å². The lowest BCUT2D eigenvalue weighted by Gasteiger charge is -2.08. The van der Waals surface area contributed by atoms with Crippen molar-refractivity contribution in [3.05, 3.63) is 18.2 Å². The maximum Gasteiger partial charge on any atom is 0.323 e. The normalized spacial score (nSPS) is 11.0. The molecule has 1 heterocycles. The van der Waals surface area contributed by atoms with Crippen molar-refractivity contribution >= 4 is 44.5 Å². The van der Waals surface area contributed by atoms with Crippen molar-refractivity contribution in [1.29, 1.82) is 0 Å². The van der Waals surface area contributed by atoms with Gasteiger partial charge in [-0.15, -0.1) is 0 Å². The summed E-state index contributed by atoms with van der Waals surface area (Å²) in [6, 6.07) is 4.63. The number of nitrogens with one attached hydrogen (secondary N) is 1. The highest BCUT2D eigenvalue weighted by Gasteiger charge is 2.11. The molecule has 0 saturated heterocycles. The summed E-state index contributed by atoms with van der Waals surface area (Å²) < 4.78 is 25.3. The highest BCUT2D eigenvalue weighted by Crippen LogP contribution is 2.32. The van der Waals surface area contributed by atoms with Crippen LogP contribution in [-0.2, 0) is 0 Å². The van der Waals surface area contributed by atoms with Crippen LogP contribution in [0, 0.1) is 0 Å². The minimum atomic E-state index is -2.45. The molecular formula is C11H11F2N3OS2. The molecule has 8 heteroatoms. The van der Waals surface area contributed by atoms with Crippen LogP contribution in [0.4, 0.5) is 18.7 Å². The fourth-order valence-corrected chi connectivity index (χ4v) is 2.85. The number of aromatic nitrogens is 1. The monoisotopic (exact) mass is 303 g/mol. The summed E-state index contributed by atoms with van der Waals surface area (Å²) in [5.41, 5.74) is 0.678. The zero-order valence-corrected chi connectivity index (χ0v) is 11.8. The maximum absolute atomic E-state index is 12.3. The Morgan fingerprint density at radius 2 is 2.21 bits per heavy atom. The molecule has 102 valence electrons. The second-order valence-corrected chi connectivity index (χ2v) is 5.95. The van der Waals surface area contributed by atoms with E-state index in [9.17, 15) is 13.6 Å². The van der Waals surface area contributed by atoms with E-state index in [-0.39, 0.29) is 6.03 Å². The second kappa shape index (κ2) is 5.70. The molecule has 0 radical (unpaired) electrons. The fraction of sp³-hybridized carbons (Fsp3) is 0.273. The van der Waals surface area contributed by atoms with Crippen LogP contribution in [0.1, 0.15) is 0 Å². The number of anilines is 1. The van der Waals surface area contributed by atoms with Crippen LogP contribution >= 0.6 is 23.1 Å². The standard InChI is InChI=1S/C11H11F2N3OS2/c1-16(2)11(17)15-10-14-7-4-3-6(18-9(12)13)5-8(7)19-10/h3-5,9H,1-2H3,(H,14,15,17). The van der Waals surface area contributed by atoms with Crippen molar-refractivity contribution in [3.63, 3.8) is 0 Å². The molecule has 4 nitrogen and oxygen atoms in total. The first-order chi connectivity index (χ1) is 8.95.